The zero-order chi connectivity index (χ0) is 24.3. The highest BCUT2D eigenvalue weighted by atomic mass is 35.5. The Morgan fingerprint density at radius 2 is 1.79 bits per heavy atom. The van der Waals surface area contributed by atoms with E-state index in [0.717, 1.165) is 11.8 Å². The largest absolute Gasteiger partial charge is 0.497 e. The van der Waals surface area contributed by atoms with Crippen molar-refractivity contribution in [2.24, 2.45) is 0 Å². The van der Waals surface area contributed by atoms with E-state index in [0.29, 0.717) is 41.5 Å². The van der Waals surface area contributed by atoms with E-state index < -0.39 is 28.8 Å². The maximum absolute atomic E-state index is 14.0. The van der Waals surface area contributed by atoms with Gasteiger partial charge in [0.2, 0.25) is 0 Å². The van der Waals surface area contributed by atoms with Crippen molar-refractivity contribution in [2.45, 2.75) is 24.4 Å². The first kappa shape index (κ1) is 24.1. The molecule has 180 valence electrons. The zero-order valence-corrected chi connectivity index (χ0v) is 19.1. The minimum Gasteiger partial charge on any atom is -0.497 e. The first-order valence-corrected chi connectivity index (χ1v) is 11.0. The molecule has 0 unspecified atom stereocenters. The Kier molecular flexibility index (Phi) is 6.86. The van der Waals surface area contributed by atoms with Crippen molar-refractivity contribution >= 4 is 17.5 Å². The maximum Gasteiger partial charge on any atom is 0.434 e. The Hall–Kier alpha value is -3.04. The third-order valence-corrected chi connectivity index (χ3v) is 6.35. The van der Waals surface area contributed by atoms with E-state index in [1.165, 1.54) is 24.3 Å². The maximum atomic E-state index is 14.0. The third-order valence-electron chi connectivity index (χ3n) is 6.09. The number of carbonyl (C=O) groups excluding carboxylic acids is 1. The van der Waals surface area contributed by atoms with E-state index in [9.17, 15) is 18.0 Å². The average Bonchev–Trinajstić information content (AvgIpc) is 3.30. The number of hydrogen-bond donors (Lipinski definition) is 1. The molecule has 1 aliphatic heterocycles. The standard InChI is InChI=1S/C24H23ClF3N3O3/c1-33-19-8-2-16(3-9-19)23(10-12-34-13-11-23)15-29-22(32)20-14-30-31(21(20)24(26,27)28)18-6-4-17(25)5-7-18/h2-9,14H,10-13,15H2,1H3,(H,29,32). The van der Waals surface area contributed by atoms with Crippen LogP contribution >= 0.6 is 11.6 Å². The van der Waals surface area contributed by atoms with Crippen molar-refractivity contribution in [2.75, 3.05) is 26.9 Å². The number of halogens is 4. The van der Waals surface area contributed by atoms with Gasteiger partial charge < -0.3 is 14.8 Å². The van der Waals surface area contributed by atoms with Gasteiger partial charge in [0.05, 0.1) is 24.6 Å². The van der Waals surface area contributed by atoms with Gasteiger partial charge in [0, 0.05) is 30.2 Å². The summed E-state index contributed by atoms with van der Waals surface area (Å²) in [4.78, 5) is 13.0. The lowest BCUT2D eigenvalue weighted by Crippen LogP contribution is -2.44. The highest BCUT2D eigenvalue weighted by Crippen LogP contribution is 2.36. The second-order valence-corrected chi connectivity index (χ2v) is 8.53. The van der Waals surface area contributed by atoms with Gasteiger partial charge in [-0.05, 0) is 54.8 Å². The molecular weight excluding hydrogens is 471 g/mol. The molecule has 0 radical (unpaired) electrons. The predicted molar refractivity (Wildman–Crippen MR) is 121 cm³/mol. The second-order valence-electron chi connectivity index (χ2n) is 8.10. The number of methoxy groups -OCH3 is 1. The lowest BCUT2D eigenvalue weighted by molar-refractivity contribution is -0.143. The summed E-state index contributed by atoms with van der Waals surface area (Å²) in [6, 6.07) is 13.2. The zero-order valence-electron chi connectivity index (χ0n) is 18.4. The fourth-order valence-electron chi connectivity index (χ4n) is 4.18. The molecule has 1 N–H and O–H groups in total. The summed E-state index contributed by atoms with van der Waals surface area (Å²) in [5.41, 5.74) is -1.04. The van der Waals surface area contributed by atoms with E-state index in [2.05, 4.69) is 10.4 Å². The first-order valence-electron chi connectivity index (χ1n) is 10.7. The molecule has 34 heavy (non-hydrogen) atoms. The molecule has 6 nitrogen and oxygen atoms in total. The van der Waals surface area contributed by atoms with E-state index in [1.54, 1.807) is 7.11 Å². The molecular formula is C24H23ClF3N3O3. The predicted octanol–water partition coefficient (Wildman–Crippen LogP) is 5.03. The van der Waals surface area contributed by atoms with Crippen molar-refractivity contribution < 1.29 is 27.4 Å². The van der Waals surface area contributed by atoms with E-state index in [1.807, 2.05) is 24.3 Å². The fourth-order valence-corrected chi connectivity index (χ4v) is 4.31. The highest BCUT2D eigenvalue weighted by molar-refractivity contribution is 6.30. The van der Waals surface area contributed by atoms with Gasteiger partial charge in [0.15, 0.2) is 5.69 Å². The molecule has 0 aliphatic carbocycles. The summed E-state index contributed by atoms with van der Waals surface area (Å²) in [7, 11) is 1.57. The molecule has 1 amide bonds. The van der Waals surface area contributed by atoms with Crippen LogP contribution in [0.5, 0.6) is 5.75 Å². The quantitative estimate of drug-likeness (QED) is 0.523. The van der Waals surface area contributed by atoms with Crippen LogP contribution in [0.1, 0.15) is 34.5 Å². The average molecular weight is 494 g/mol. The topological polar surface area (TPSA) is 65.4 Å². The first-order chi connectivity index (χ1) is 16.2. The van der Waals surface area contributed by atoms with Gasteiger partial charge in [0.25, 0.3) is 5.91 Å². The van der Waals surface area contributed by atoms with Crippen LogP contribution in [0.15, 0.2) is 54.7 Å². The van der Waals surface area contributed by atoms with Gasteiger partial charge >= 0.3 is 6.18 Å². The van der Waals surface area contributed by atoms with Crippen molar-refractivity contribution in [1.29, 1.82) is 0 Å². The number of ether oxygens (including phenoxy) is 2. The van der Waals surface area contributed by atoms with Crippen LogP contribution in [0.2, 0.25) is 5.02 Å². The number of alkyl halides is 3. The summed E-state index contributed by atoms with van der Waals surface area (Å²) >= 11 is 5.85. The van der Waals surface area contributed by atoms with Gasteiger partial charge in [0.1, 0.15) is 5.75 Å². The number of amides is 1. The minimum absolute atomic E-state index is 0.148. The molecule has 0 saturated carbocycles. The molecule has 4 rings (SSSR count). The van der Waals surface area contributed by atoms with Crippen LogP contribution in [0, 0.1) is 0 Å². The van der Waals surface area contributed by atoms with Gasteiger partial charge in [-0.25, -0.2) is 4.68 Å². The molecule has 10 heteroatoms. The monoisotopic (exact) mass is 493 g/mol. The van der Waals surface area contributed by atoms with Crippen molar-refractivity contribution in [3.8, 4) is 11.4 Å². The number of carbonyl (C=O) groups is 1. The Bertz CT molecular complexity index is 1140. The van der Waals surface area contributed by atoms with Crippen molar-refractivity contribution in [1.82, 2.24) is 15.1 Å². The molecule has 1 fully saturated rings. The number of benzene rings is 2. The molecule has 1 saturated heterocycles. The van der Waals surface area contributed by atoms with Crippen LogP contribution in [-0.4, -0.2) is 42.6 Å². The van der Waals surface area contributed by atoms with E-state index >= 15 is 0 Å². The van der Waals surface area contributed by atoms with E-state index in [4.69, 9.17) is 21.1 Å². The lowest BCUT2D eigenvalue weighted by atomic mass is 9.74. The molecule has 3 aromatic rings. The lowest BCUT2D eigenvalue weighted by Gasteiger charge is -2.38. The summed E-state index contributed by atoms with van der Waals surface area (Å²) in [5, 5.41) is 6.95. The van der Waals surface area contributed by atoms with Gasteiger partial charge in [-0.15, -0.1) is 0 Å². The number of rotatable bonds is 6. The smallest absolute Gasteiger partial charge is 0.434 e. The molecule has 2 heterocycles. The van der Waals surface area contributed by atoms with Crippen LogP contribution in [0.25, 0.3) is 5.69 Å². The Labute approximate surface area is 199 Å². The van der Waals surface area contributed by atoms with Crippen LogP contribution < -0.4 is 10.1 Å². The minimum atomic E-state index is -4.80. The third kappa shape index (κ3) is 4.90. The van der Waals surface area contributed by atoms with Crippen LogP contribution in [-0.2, 0) is 16.3 Å². The normalized spacial score (nSPS) is 15.7. The molecule has 2 aromatic carbocycles. The highest BCUT2D eigenvalue weighted by Gasteiger charge is 2.41. The summed E-state index contributed by atoms with van der Waals surface area (Å²) in [6.07, 6.45) is -2.61. The summed E-state index contributed by atoms with van der Waals surface area (Å²) in [5.74, 6) is -0.147. The summed E-state index contributed by atoms with van der Waals surface area (Å²) < 4.78 is 53.4. The Balaban J connectivity index is 1.61. The van der Waals surface area contributed by atoms with Crippen molar-refractivity contribution in [3.05, 3.63) is 76.6 Å². The van der Waals surface area contributed by atoms with Gasteiger partial charge in [-0.3, -0.25) is 4.79 Å². The number of aromatic nitrogens is 2. The summed E-state index contributed by atoms with van der Waals surface area (Å²) in [6.45, 7) is 1.14. The number of hydrogen-bond acceptors (Lipinski definition) is 4. The van der Waals surface area contributed by atoms with Crippen LogP contribution in [0.4, 0.5) is 13.2 Å². The van der Waals surface area contributed by atoms with Crippen LogP contribution in [0.3, 0.4) is 0 Å². The SMILES string of the molecule is COc1ccc(C2(CNC(=O)c3cnn(-c4ccc(Cl)cc4)c3C(F)(F)F)CCOCC2)cc1. The Morgan fingerprint density at radius 3 is 2.38 bits per heavy atom. The number of nitrogens with one attached hydrogen (secondary N) is 1. The molecule has 1 aliphatic rings. The molecule has 0 spiro atoms. The van der Waals surface area contributed by atoms with Crippen molar-refractivity contribution in [3.63, 3.8) is 0 Å². The van der Waals surface area contributed by atoms with Gasteiger partial charge in [-0.2, -0.15) is 18.3 Å². The van der Waals surface area contributed by atoms with Gasteiger partial charge in [-0.1, -0.05) is 23.7 Å². The molecule has 0 bridgehead atoms. The second kappa shape index (κ2) is 9.68. The van der Waals surface area contributed by atoms with E-state index in [-0.39, 0.29) is 12.2 Å². The Morgan fingerprint density at radius 1 is 1.15 bits per heavy atom. The fraction of sp³-hybridized carbons (Fsp3) is 0.333. The molecule has 1 aromatic heterocycles. The molecule has 0 atom stereocenters. The number of nitrogens with zero attached hydrogens (tertiary/aromatic N) is 2.